The molecule has 1 fully saturated rings. The first kappa shape index (κ1) is 20.8. The molecule has 2 amide bonds. The SMILES string of the molecule is CC1CC(=O)Nc2ccccc2N1C(=O)CN1CCN(Cc2ccc3c(c2)OCO3)CC1. The average Bonchev–Trinajstić information content (AvgIpc) is 3.19. The molecule has 2 aromatic carbocycles. The minimum Gasteiger partial charge on any atom is -0.454 e. The van der Waals surface area contributed by atoms with Gasteiger partial charge in [-0.3, -0.25) is 19.4 Å². The topological polar surface area (TPSA) is 74.4 Å². The molecule has 3 aliphatic heterocycles. The molecule has 1 N–H and O–H groups in total. The summed E-state index contributed by atoms with van der Waals surface area (Å²) >= 11 is 0. The summed E-state index contributed by atoms with van der Waals surface area (Å²) in [5.41, 5.74) is 2.67. The summed E-state index contributed by atoms with van der Waals surface area (Å²) in [6.07, 6.45) is 0.295. The molecule has 0 saturated carbocycles. The highest BCUT2D eigenvalue weighted by Crippen LogP contribution is 2.33. The Hall–Kier alpha value is -3.10. The van der Waals surface area contributed by atoms with E-state index in [0.717, 1.165) is 49.9 Å². The maximum Gasteiger partial charge on any atom is 0.241 e. The van der Waals surface area contributed by atoms with E-state index in [1.807, 2.05) is 43.3 Å². The second-order valence-corrected chi connectivity index (χ2v) is 8.62. The van der Waals surface area contributed by atoms with Gasteiger partial charge >= 0.3 is 0 Å². The minimum atomic E-state index is -0.182. The summed E-state index contributed by atoms with van der Waals surface area (Å²) in [6, 6.07) is 13.4. The van der Waals surface area contributed by atoms with E-state index < -0.39 is 0 Å². The van der Waals surface area contributed by atoms with Gasteiger partial charge in [0.15, 0.2) is 11.5 Å². The van der Waals surface area contributed by atoms with E-state index in [1.165, 1.54) is 5.56 Å². The fraction of sp³-hybridized carbons (Fsp3) is 0.417. The lowest BCUT2D eigenvalue weighted by Gasteiger charge is -2.36. The van der Waals surface area contributed by atoms with Crippen LogP contribution in [0.15, 0.2) is 42.5 Å². The molecule has 0 bridgehead atoms. The van der Waals surface area contributed by atoms with E-state index >= 15 is 0 Å². The molecule has 2 aromatic rings. The van der Waals surface area contributed by atoms with Crippen LogP contribution >= 0.6 is 0 Å². The van der Waals surface area contributed by atoms with E-state index in [-0.39, 0.29) is 24.6 Å². The Kier molecular flexibility index (Phi) is 5.71. The van der Waals surface area contributed by atoms with Crippen LogP contribution in [-0.4, -0.2) is 67.2 Å². The summed E-state index contributed by atoms with van der Waals surface area (Å²) in [6.45, 7) is 6.88. The lowest BCUT2D eigenvalue weighted by atomic mass is 10.1. The molecule has 3 aliphatic rings. The van der Waals surface area contributed by atoms with E-state index in [9.17, 15) is 9.59 Å². The van der Waals surface area contributed by atoms with Crippen molar-refractivity contribution in [2.45, 2.75) is 25.9 Å². The van der Waals surface area contributed by atoms with Crippen molar-refractivity contribution in [1.82, 2.24) is 9.80 Å². The van der Waals surface area contributed by atoms with Crippen molar-refractivity contribution in [3.05, 3.63) is 48.0 Å². The second-order valence-electron chi connectivity index (χ2n) is 8.62. The smallest absolute Gasteiger partial charge is 0.241 e. The summed E-state index contributed by atoms with van der Waals surface area (Å²) in [7, 11) is 0. The van der Waals surface area contributed by atoms with Crippen LogP contribution in [-0.2, 0) is 16.1 Å². The molecule has 0 aliphatic carbocycles. The standard InChI is InChI=1S/C24H28N4O4/c1-17-12-23(29)25-19-4-2-3-5-20(19)28(17)24(30)15-27-10-8-26(9-11-27)14-18-6-7-21-22(13-18)32-16-31-21/h2-7,13,17H,8-12,14-16H2,1H3,(H,25,29). The number of fused-ring (bicyclic) bond motifs is 2. The molecule has 1 atom stereocenters. The first-order valence-electron chi connectivity index (χ1n) is 11.1. The van der Waals surface area contributed by atoms with Crippen LogP contribution in [0.4, 0.5) is 11.4 Å². The van der Waals surface area contributed by atoms with Crippen LogP contribution in [0.1, 0.15) is 18.9 Å². The quantitative estimate of drug-likeness (QED) is 0.793. The molecular formula is C24H28N4O4. The molecule has 8 heteroatoms. The van der Waals surface area contributed by atoms with Gasteiger partial charge in [-0.05, 0) is 36.8 Å². The van der Waals surface area contributed by atoms with Crippen LogP contribution in [0.3, 0.4) is 0 Å². The molecule has 1 unspecified atom stereocenters. The van der Waals surface area contributed by atoms with Crippen molar-refractivity contribution in [3.63, 3.8) is 0 Å². The predicted octanol–water partition coefficient (Wildman–Crippen LogP) is 2.30. The van der Waals surface area contributed by atoms with E-state index in [2.05, 4.69) is 21.2 Å². The normalized spacial score (nSPS) is 21.1. The van der Waals surface area contributed by atoms with Crippen molar-refractivity contribution >= 4 is 23.2 Å². The Morgan fingerprint density at radius 2 is 1.78 bits per heavy atom. The summed E-state index contributed by atoms with van der Waals surface area (Å²) in [4.78, 5) is 31.8. The lowest BCUT2D eigenvalue weighted by Crippen LogP contribution is -2.51. The number of para-hydroxylation sites is 2. The molecule has 0 radical (unpaired) electrons. The third kappa shape index (κ3) is 4.28. The molecule has 0 aromatic heterocycles. The van der Waals surface area contributed by atoms with Gasteiger partial charge in [-0.15, -0.1) is 0 Å². The Morgan fingerprint density at radius 1 is 1.03 bits per heavy atom. The number of nitrogens with one attached hydrogen (secondary N) is 1. The maximum absolute atomic E-state index is 13.3. The van der Waals surface area contributed by atoms with Crippen LogP contribution in [0, 0.1) is 0 Å². The molecule has 1 saturated heterocycles. The van der Waals surface area contributed by atoms with Crippen LogP contribution in [0.5, 0.6) is 11.5 Å². The number of amides is 2. The number of carbonyl (C=O) groups is 2. The van der Waals surface area contributed by atoms with E-state index in [4.69, 9.17) is 9.47 Å². The third-order valence-electron chi connectivity index (χ3n) is 6.29. The van der Waals surface area contributed by atoms with Crippen LogP contribution < -0.4 is 19.7 Å². The number of rotatable bonds is 4. The largest absolute Gasteiger partial charge is 0.454 e. The van der Waals surface area contributed by atoms with Gasteiger partial charge < -0.3 is 19.7 Å². The lowest BCUT2D eigenvalue weighted by molar-refractivity contribution is -0.120. The zero-order chi connectivity index (χ0) is 22.1. The third-order valence-corrected chi connectivity index (χ3v) is 6.29. The zero-order valence-corrected chi connectivity index (χ0v) is 18.3. The first-order valence-corrected chi connectivity index (χ1v) is 11.1. The average molecular weight is 437 g/mol. The molecule has 32 heavy (non-hydrogen) atoms. The molecule has 168 valence electrons. The Labute approximate surface area is 187 Å². The Morgan fingerprint density at radius 3 is 2.62 bits per heavy atom. The predicted molar refractivity (Wildman–Crippen MR) is 121 cm³/mol. The van der Waals surface area contributed by atoms with E-state index in [1.54, 1.807) is 4.90 Å². The minimum absolute atomic E-state index is 0.0330. The van der Waals surface area contributed by atoms with Crippen molar-refractivity contribution in [2.24, 2.45) is 0 Å². The highest BCUT2D eigenvalue weighted by atomic mass is 16.7. The zero-order valence-electron chi connectivity index (χ0n) is 18.3. The number of anilines is 2. The number of hydrogen-bond donors (Lipinski definition) is 1. The van der Waals surface area contributed by atoms with Gasteiger partial charge in [0.25, 0.3) is 0 Å². The monoisotopic (exact) mass is 436 g/mol. The van der Waals surface area contributed by atoms with Crippen molar-refractivity contribution < 1.29 is 19.1 Å². The van der Waals surface area contributed by atoms with Crippen molar-refractivity contribution in [1.29, 1.82) is 0 Å². The van der Waals surface area contributed by atoms with Gasteiger partial charge in [0.2, 0.25) is 18.6 Å². The summed E-state index contributed by atoms with van der Waals surface area (Å²) in [5.74, 6) is 1.59. The first-order chi connectivity index (χ1) is 15.6. The number of hydrogen-bond acceptors (Lipinski definition) is 6. The number of piperazine rings is 1. The number of benzene rings is 2. The van der Waals surface area contributed by atoms with Crippen molar-refractivity contribution in [3.8, 4) is 11.5 Å². The van der Waals surface area contributed by atoms with Gasteiger partial charge in [0.05, 0.1) is 17.9 Å². The second kappa shape index (κ2) is 8.80. The van der Waals surface area contributed by atoms with Crippen LogP contribution in [0.25, 0.3) is 0 Å². The fourth-order valence-corrected chi connectivity index (χ4v) is 4.64. The molecular weight excluding hydrogens is 408 g/mol. The highest BCUT2D eigenvalue weighted by molar-refractivity contribution is 6.04. The number of nitrogens with zero attached hydrogens (tertiary/aromatic N) is 3. The van der Waals surface area contributed by atoms with Gasteiger partial charge in [-0.2, -0.15) is 0 Å². The number of ether oxygens (including phenoxy) is 2. The maximum atomic E-state index is 13.3. The van der Waals surface area contributed by atoms with Gasteiger partial charge in [-0.25, -0.2) is 0 Å². The summed E-state index contributed by atoms with van der Waals surface area (Å²) < 4.78 is 10.9. The molecule has 8 nitrogen and oxygen atoms in total. The van der Waals surface area contributed by atoms with Gasteiger partial charge in [0, 0.05) is 45.2 Å². The number of carbonyl (C=O) groups excluding carboxylic acids is 2. The summed E-state index contributed by atoms with van der Waals surface area (Å²) in [5, 5.41) is 2.92. The molecule has 3 heterocycles. The Balaban J connectivity index is 1.19. The van der Waals surface area contributed by atoms with E-state index in [0.29, 0.717) is 18.7 Å². The molecule has 0 spiro atoms. The van der Waals surface area contributed by atoms with Crippen LogP contribution in [0.2, 0.25) is 0 Å². The highest BCUT2D eigenvalue weighted by Gasteiger charge is 2.31. The molecule has 5 rings (SSSR count). The Bertz CT molecular complexity index is 1020. The van der Waals surface area contributed by atoms with Gasteiger partial charge in [0.1, 0.15) is 0 Å². The van der Waals surface area contributed by atoms with Gasteiger partial charge in [-0.1, -0.05) is 18.2 Å². The van der Waals surface area contributed by atoms with Crippen molar-refractivity contribution in [2.75, 3.05) is 49.7 Å². The fourth-order valence-electron chi connectivity index (χ4n) is 4.64.